The molecule has 0 aliphatic heterocycles. The standard InChI is InChI=1S/C15H20N2O3.C4F6O3/c1-4-5-6-7-20-14-11(2)8-12(15(16)17-18)9-13(14)10-19-3;5-3(6,7)1(11)13-2(12)4(8,9)10/h1,8-9,18H,5-7,10H2,2-3H3,(H2,16,17);. The number of nitrogens with zero attached hydrogens (tertiary/aromatic N) is 1. The quantitative estimate of drug-likeness (QED) is 0.0699. The number of oxime groups is 1. The number of ether oxygens (including phenoxy) is 3. The van der Waals surface area contributed by atoms with E-state index in [9.17, 15) is 35.9 Å². The van der Waals surface area contributed by atoms with E-state index in [1.54, 1.807) is 13.2 Å². The maximum absolute atomic E-state index is 11.2. The molecule has 184 valence electrons. The van der Waals surface area contributed by atoms with Gasteiger partial charge in [0.15, 0.2) is 5.84 Å². The summed E-state index contributed by atoms with van der Waals surface area (Å²) in [5.41, 5.74) is 8.01. The summed E-state index contributed by atoms with van der Waals surface area (Å²) in [4.78, 5) is 19.3. The zero-order valence-electron chi connectivity index (χ0n) is 17.3. The molecule has 0 amide bonds. The lowest BCUT2D eigenvalue weighted by Crippen LogP contribution is -2.34. The summed E-state index contributed by atoms with van der Waals surface area (Å²) in [5.74, 6) is -3.00. The van der Waals surface area contributed by atoms with E-state index >= 15 is 0 Å². The van der Waals surface area contributed by atoms with Gasteiger partial charge in [0.2, 0.25) is 0 Å². The normalized spacial score (nSPS) is 11.7. The van der Waals surface area contributed by atoms with Gasteiger partial charge in [0.1, 0.15) is 5.75 Å². The fraction of sp³-hybridized carbons (Fsp3) is 0.421. The first-order valence-corrected chi connectivity index (χ1v) is 8.75. The number of carbonyl (C=O) groups excluding carboxylic acids is 2. The Morgan fingerprint density at radius 2 is 1.70 bits per heavy atom. The van der Waals surface area contributed by atoms with Gasteiger partial charge in [0, 0.05) is 24.7 Å². The third kappa shape index (κ3) is 10.6. The number of unbranched alkanes of at least 4 members (excludes halogenated alkanes) is 1. The van der Waals surface area contributed by atoms with Crippen LogP contribution in [0.5, 0.6) is 5.75 Å². The number of halogens is 6. The van der Waals surface area contributed by atoms with Gasteiger partial charge in [0.05, 0.1) is 13.2 Å². The van der Waals surface area contributed by atoms with Crippen LogP contribution >= 0.6 is 0 Å². The zero-order valence-corrected chi connectivity index (χ0v) is 17.3. The molecule has 8 nitrogen and oxygen atoms in total. The highest BCUT2D eigenvalue weighted by Gasteiger charge is 2.49. The first-order valence-electron chi connectivity index (χ1n) is 8.75. The Labute approximate surface area is 184 Å². The van der Waals surface area contributed by atoms with Crippen molar-refractivity contribution in [3.05, 3.63) is 28.8 Å². The first kappa shape index (κ1) is 29.5. The van der Waals surface area contributed by atoms with Crippen LogP contribution in [0.1, 0.15) is 29.5 Å². The molecule has 0 atom stereocenters. The number of benzene rings is 1. The van der Waals surface area contributed by atoms with Crippen molar-refractivity contribution in [1.29, 1.82) is 0 Å². The number of carbonyl (C=O) groups is 2. The molecule has 0 bridgehead atoms. The minimum atomic E-state index is -5.62. The summed E-state index contributed by atoms with van der Waals surface area (Å²) in [6.45, 7) is 2.84. The van der Waals surface area contributed by atoms with Gasteiger partial charge >= 0.3 is 24.3 Å². The van der Waals surface area contributed by atoms with E-state index in [1.165, 1.54) is 0 Å². The number of rotatable bonds is 7. The average molecular weight is 486 g/mol. The van der Waals surface area contributed by atoms with Gasteiger partial charge < -0.3 is 25.2 Å². The minimum absolute atomic E-state index is 0.0596. The molecule has 1 aromatic carbocycles. The van der Waals surface area contributed by atoms with Crippen molar-refractivity contribution in [3.8, 4) is 18.1 Å². The van der Waals surface area contributed by atoms with Crippen LogP contribution in [-0.2, 0) is 25.7 Å². The molecule has 0 aromatic heterocycles. The Bertz CT molecular complexity index is 866. The maximum atomic E-state index is 11.2. The molecule has 3 N–H and O–H groups in total. The van der Waals surface area contributed by atoms with Gasteiger partial charge in [-0.2, -0.15) is 26.3 Å². The topological polar surface area (TPSA) is 120 Å². The van der Waals surface area contributed by atoms with E-state index in [-0.39, 0.29) is 5.84 Å². The molecule has 0 spiro atoms. The summed E-state index contributed by atoms with van der Waals surface area (Å²) in [5, 5.41) is 11.8. The molecule has 0 saturated carbocycles. The van der Waals surface area contributed by atoms with Gasteiger partial charge in [-0.25, -0.2) is 9.59 Å². The average Bonchev–Trinajstić information content (AvgIpc) is 2.71. The minimum Gasteiger partial charge on any atom is -0.493 e. The van der Waals surface area contributed by atoms with Gasteiger partial charge in [-0.1, -0.05) is 5.16 Å². The molecular weight excluding hydrogens is 466 g/mol. The van der Waals surface area contributed by atoms with E-state index in [0.717, 1.165) is 23.3 Å². The third-order valence-corrected chi connectivity index (χ3v) is 3.42. The van der Waals surface area contributed by atoms with E-state index in [2.05, 4.69) is 15.8 Å². The van der Waals surface area contributed by atoms with Crippen LogP contribution in [-0.4, -0.2) is 49.1 Å². The second-order valence-electron chi connectivity index (χ2n) is 6.03. The number of alkyl halides is 6. The molecule has 0 radical (unpaired) electrons. The summed E-state index contributed by atoms with van der Waals surface area (Å²) < 4.78 is 80.6. The lowest BCUT2D eigenvalue weighted by atomic mass is 10.0. The highest BCUT2D eigenvalue weighted by Crippen LogP contribution is 2.27. The van der Waals surface area contributed by atoms with Crippen molar-refractivity contribution in [2.24, 2.45) is 10.9 Å². The van der Waals surface area contributed by atoms with Crippen LogP contribution in [0.4, 0.5) is 26.3 Å². The Kier molecular flexibility index (Phi) is 11.8. The van der Waals surface area contributed by atoms with Crippen molar-refractivity contribution in [2.45, 2.75) is 38.7 Å². The van der Waals surface area contributed by atoms with E-state index in [4.69, 9.17) is 26.8 Å². The summed E-state index contributed by atoms with van der Waals surface area (Å²) in [7, 11) is 1.60. The number of esters is 2. The monoisotopic (exact) mass is 486 g/mol. The van der Waals surface area contributed by atoms with Crippen molar-refractivity contribution in [3.63, 3.8) is 0 Å². The number of nitrogens with two attached hydrogens (primary N) is 1. The van der Waals surface area contributed by atoms with E-state index in [0.29, 0.717) is 25.2 Å². The molecule has 0 aliphatic rings. The second kappa shape index (κ2) is 13.2. The summed E-state index contributed by atoms with van der Waals surface area (Å²) in [6.07, 6.45) is -4.56. The van der Waals surface area contributed by atoms with Crippen LogP contribution in [0.2, 0.25) is 0 Å². The van der Waals surface area contributed by atoms with E-state index < -0.39 is 24.3 Å². The number of methoxy groups -OCH3 is 1. The molecule has 1 rings (SSSR count). The van der Waals surface area contributed by atoms with Crippen molar-refractivity contribution >= 4 is 17.8 Å². The van der Waals surface area contributed by atoms with Gasteiger partial charge in [-0.3, -0.25) is 0 Å². The Morgan fingerprint density at radius 1 is 1.15 bits per heavy atom. The fourth-order valence-electron chi connectivity index (χ4n) is 2.07. The number of hydrogen-bond donors (Lipinski definition) is 2. The van der Waals surface area contributed by atoms with Crippen LogP contribution < -0.4 is 10.5 Å². The van der Waals surface area contributed by atoms with Crippen LogP contribution in [0.3, 0.4) is 0 Å². The predicted octanol–water partition coefficient (Wildman–Crippen LogP) is 3.21. The summed E-state index contributed by atoms with van der Waals surface area (Å²) in [6, 6.07) is 3.60. The number of amidine groups is 1. The van der Waals surface area contributed by atoms with Crippen molar-refractivity contribution in [2.75, 3.05) is 13.7 Å². The smallest absolute Gasteiger partial charge is 0.491 e. The molecule has 33 heavy (non-hydrogen) atoms. The Hall–Kier alpha value is -3.47. The number of aryl methyl sites for hydroxylation is 1. The second-order valence-corrected chi connectivity index (χ2v) is 6.03. The number of terminal acetylenes is 1. The third-order valence-electron chi connectivity index (χ3n) is 3.42. The molecule has 1 aromatic rings. The largest absolute Gasteiger partial charge is 0.493 e. The molecule has 0 fully saturated rings. The fourth-order valence-corrected chi connectivity index (χ4v) is 2.07. The van der Waals surface area contributed by atoms with Crippen LogP contribution in [0, 0.1) is 19.3 Å². The van der Waals surface area contributed by atoms with Crippen LogP contribution in [0.15, 0.2) is 17.3 Å². The maximum Gasteiger partial charge on any atom is 0.491 e. The molecule has 14 heteroatoms. The SMILES string of the molecule is C#CCCCOc1c(C)cc(C(N)=NO)cc1COC.O=C(OC(=O)C(F)(F)F)C(F)(F)F. The van der Waals surface area contributed by atoms with Gasteiger partial charge in [-0.05, 0) is 31.0 Å². The predicted molar refractivity (Wildman–Crippen MR) is 101 cm³/mol. The lowest BCUT2D eigenvalue weighted by Gasteiger charge is -2.15. The zero-order chi connectivity index (χ0) is 25.8. The highest BCUT2D eigenvalue weighted by molar-refractivity contribution is 5.97. The number of hydrogen-bond acceptors (Lipinski definition) is 7. The van der Waals surface area contributed by atoms with Crippen LogP contribution in [0.25, 0.3) is 0 Å². The Balaban J connectivity index is 0.000000684. The van der Waals surface area contributed by atoms with Crippen molar-refractivity contribution < 1.29 is 55.3 Å². The molecule has 0 saturated heterocycles. The summed E-state index contributed by atoms with van der Waals surface area (Å²) >= 11 is 0. The van der Waals surface area contributed by atoms with Crippen molar-refractivity contribution in [1.82, 2.24) is 0 Å². The van der Waals surface area contributed by atoms with E-state index in [1.807, 2.05) is 13.0 Å². The lowest BCUT2D eigenvalue weighted by molar-refractivity contribution is -0.221. The van der Waals surface area contributed by atoms with Gasteiger partial charge in [0.25, 0.3) is 0 Å². The Morgan fingerprint density at radius 3 is 2.12 bits per heavy atom. The molecular formula is C19H20F6N2O6. The molecule has 0 aliphatic carbocycles. The molecule has 0 unspecified atom stereocenters. The highest BCUT2D eigenvalue weighted by atomic mass is 19.4. The molecule has 0 heterocycles. The van der Waals surface area contributed by atoms with Gasteiger partial charge in [-0.15, -0.1) is 12.3 Å². The first-order chi connectivity index (χ1) is 15.2.